The van der Waals surface area contributed by atoms with Crippen molar-refractivity contribution in [1.82, 2.24) is 0 Å². The normalized spacial score (nSPS) is 10.4. The molecule has 0 aliphatic rings. The predicted molar refractivity (Wildman–Crippen MR) is 199 cm³/mol. The molecule has 0 aromatic heterocycles. The zero-order valence-electron chi connectivity index (χ0n) is 29.9. The fourth-order valence-electron chi connectivity index (χ4n) is 3.55. The molecule has 1 unspecified atom stereocenters. The highest BCUT2D eigenvalue weighted by molar-refractivity contribution is 6.62. The number of halogens is 1. The van der Waals surface area contributed by atoms with E-state index in [0.717, 1.165) is 24.0 Å². The van der Waals surface area contributed by atoms with Gasteiger partial charge in [0.2, 0.25) is 0 Å². The number of rotatable bonds is 13. The molecule has 0 saturated heterocycles. The van der Waals surface area contributed by atoms with Crippen LogP contribution in [0.2, 0.25) is 5.02 Å². The molecule has 45 heavy (non-hydrogen) atoms. The van der Waals surface area contributed by atoms with Crippen molar-refractivity contribution in [3.05, 3.63) is 101 Å². The number of carbonyl (C=O) groups is 1. The molecule has 0 aliphatic carbocycles. The lowest BCUT2D eigenvalue weighted by Gasteiger charge is -2.12. The van der Waals surface area contributed by atoms with Crippen molar-refractivity contribution in [1.29, 1.82) is 0 Å². The summed E-state index contributed by atoms with van der Waals surface area (Å²) in [4.78, 5) is 11.1. The van der Waals surface area contributed by atoms with Crippen molar-refractivity contribution in [3.63, 3.8) is 0 Å². The van der Waals surface area contributed by atoms with Gasteiger partial charge in [-0.05, 0) is 47.7 Å². The van der Waals surface area contributed by atoms with Crippen molar-refractivity contribution < 1.29 is 14.3 Å². The first kappa shape index (κ1) is 44.6. The van der Waals surface area contributed by atoms with E-state index in [-0.39, 0.29) is 0 Å². The van der Waals surface area contributed by atoms with Crippen molar-refractivity contribution >= 4 is 25.1 Å². The van der Waals surface area contributed by atoms with E-state index in [2.05, 4.69) is 91.8 Å². The molecule has 2 radical (unpaired) electrons. The molecule has 5 heteroatoms. The van der Waals surface area contributed by atoms with E-state index in [4.69, 9.17) is 28.9 Å². The van der Waals surface area contributed by atoms with Crippen molar-refractivity contribution in [2.24, 2.45) is 5.92 Å². The van der Waals surface area contributed by atoms with Crippen LogP contribution in [0.4, 0.5) is 0 Å². The third kappa shape index (κ3) is 25.3. The third-order valence-electron chi connectivity index (χ3n) is 6.29. The maximum Gasteiger partial charge on any atom is 0.175 e. The molecule has 0 saturated carbocycles. The lowest BCUT2D eigenvalue weighted by Crippen LogP contribution is -2.09. The minimum Gasteiger partial charge on any atom is -0.490 e. The molecule has 0 aliphatic heterocycles. The van der Waals surface area contributed by atoms with Crippen LogP contribution in [-0.4, -0.2) is 33.3 Å². The molecular weight excluding hydrogens is 575 g/mol. The Morgan fingerprint density at radius 3 is 1.69 bits per heavy atom. The van der Waals surface area contributed by atoms with Crippen LogP contribution in [0.5, 0.6) is 5.75 Å². The summed E-state index contributed by atoms with van der Waals surface area (Å²) >= 11 is 5.86. The highest BCUT2D eigenvalue weighted by Gasteiger charge is 2.07. The molecule has 3 rings (SSSR count). The van der Waals surface area contributed by atoms with Gasteiger partial charge >= 0.3 is 0 Å². The summed E-state index contributed by atoms with van der Waals surface area (Å²) in [7, 11) is 5.22. The van der Waals surface area contributed by atoms with Gasteiger partial charge in [0.25, 0.3) is 0 Å². The van der Waals surface area contributed by atoms with Gasteiger partial charge in [0.05, 0.1) is 6.61 Å². The summed E-state index contributed by atoms with van der Waals surface area (Å²) in [6.07, 6.45) is 9.02. The van der Waals surface area contributed by atoms with E-state index in [0.29, 0.717) is 30.4 Å². The number of ether oxygens (including phenoxy) is 2. The fourth-order valence-corrected chi connectivity index (χ4v) is 3.68. The van der Waals surface area contributed by atoms with E-state index in [1.54, 1.807) is 24.3 Å². The highest BCUT2D eigenvalue weighted by atomic mass is 35.5. The van der Waals surface area contributed by atoms with Crippen LogP contribution in [0, 0.1) is 5.92 Å². The smallest absolute Gasteiger partial charge is 0.175 e. The minimum atomic E-state index is -0.481. The van der Waals surface area contributed by atoms with Crippen molar-refractivity contribution in [2.45, 2.75) is 113 Å². The van der Waals surface area contributed by atoms with E-state index in [1.165, 1.54) is 49.7 Å². The number of carbonyl (C=O) groups excluding carboxylic acids is 1. The number of unbranched alkanes of at least 4 members (excludes halogenated alkanes) is 2. The van der Waals surface area contributed by atoms with Gasteiger partial charge in [-0.2, -0.15) is 0 Å². The van der Waals surface area contributed by atoms with Crippen LogP contribution in [0.1, 0.15) is 135 Å². The summed E-state index contributed by atoms with van der Waals surface area (Å²) in [5.41, 5.74) is 2.55. The Bertz CT molecular complexity index is 1050. The molecular formula is C40H62BClO3. The average molecular weight is 637 g/mol. The Balaban J connectivity index is 0. The van der Waals surface area contributed by atoms with Gasteiger partial charge in [-0.15, -0.1) is 0 Å². The quantitative estimate of drug-likeness (QED) is 0.138. The van der Waals surface area contributed by atoms with Gasteiger partial charge in [0.15, 0.2) is 7.85 Å². The zero-order chi connectivity index (χ0) is 34.3. The Morgan fingerprint density at radius 1 is 0.689 bits per heavy atom. The molecule has 3 nitrogen and oxygen atoms in total. The first-order chi connectivity index (χ1) is 21.6. The topological polar surface area (TPSA) is 35.5 Å². The molecule has 0 heterocycles. The Morgan fingerprint density at radius 2 is 1.22 bits per heavy atom. The fraction of sp³-hybridized carbons (Fsp3) is 0.525. The first-order valence-corrected chi connectivity index (χ1v) is 17.4. The molecule has 0 fully saturated rings. The van der Waals surface area contributed by atoms with Gasteiger partial charge in [0, 0.05) is 23.1 Å². The summed E-state index contributed by atoms with van der Waals surface area (Å²) < 4.78 is 10.7. The van der Waals surface area contributed by atoms with Crippen LogP contribution < -0.4 is 4.74 Å². The Kier molecular flexibility index (Phi) is 31.1. The molecule has 3 aromatic rings. The van der Waals surface area contributed by atoms with Crippen LogP contribution in [-0.2, 0) is 4.74 Å². The summed E-state index contributed by atoms with van der Waals surface area (Å²) in [5, 5.41) is 0.791. The van der Waals surface area contributed by atoms with Gasteiger partial charge < -0.3 is 14.3 Å². The average Bonchev–Trinajstić information content (AvgIpc) is 3.05. The number of benzene rings is 3. The maximum atomic E-state index is 11.1. The second-order valence-electron chi connectivity index (χ2n) is 11.2. The van der Waals surface area contributed by atoms with Gasteiger partial charge in [-0.1, -0.05) is 167 Å². The molecule has 0 N–H and O–H groups in total. The Labute approximate surface area is 283 Å². The van der Waals surface area contributed by atoms with Crippen LogP contribution in [0.25, 0.3) is 0 Å². The molecule has 1 atom stereocenters. The van der Waals surface area contributed by atoms with Crippen LogP contribution in [0.15, 0.2) is 78.9 Å². The number of hydrogen-bond donors (Lipinski definition) is 0. The molecule has 0 bridgehead atoms. The van der Waals surface area contributed by atoms with Crippen LogP contribution >= 0.6 is 11.6 Å². The molecule has 0 spiro atoms. The van der Waals surface area contributed by atoms with E-state index >= 15 is 0 Å². The number of hydrogen-bond acceptors (Lipinski definition) is 3. The summed E-state index contributed by atoms with van der Waals surface area (Å²) in [6, 6.07) is 25.5. The lowest BCUT2D eigenvalue weighted by molar-refractivity contribution is 0.0985. The minimum absolute atomic E-state index is 0.401. The van der Waals surface area contributed by atoms with E-state index in [9.17, 15) is 4.79 Å². The second kappa shape index (κ2) is 31.4. The third-order valence-corrected chi connectivity index (χ3v) is 6.54. The van der Waals surface area contributed by atoms with Crippen molar-refractivity contribution in [2.75, 3.05) is 19.8 Å². The van der Waals surface area contributed by atoms with E-state index in [1.807, 2.05) is 25.1 Å². The van der Waals surface area contributed by atoms with Gasteiger partial charge in [-0.25, -0.2) is 0 Å². The highest BCUT2D eigenvalue weighted by Crippen LogP contribution is 2.24. The standard InChI is InChI=1S/C14H13Cl.C12H15BO3.C7H16.C4H10.C3H8/c1-11(12-5-3-2-4-6-12)13-7-9-14(15)10-8-13;1-2-7-15-8-9-16-11-6-4-3-5-10(11)12(13)14;1-4-5-6-7(2)3;1-3-4-2;1-3-2/h2-11H,1H3;3-6H,2,7-9H2,1H3;7H,4-6H2,1-3H3;3-4H2,1-2H3;3H2,1-2H3. The lowest BCUT2D eigenvalue weighted by atomic mass is 9.93. The zero-order valence-corrected chi connectivity index (χ0v) is 30.7. The number of para-hydroxylation sites is 1. The largest absolute Gasteiger partial charge is 0.490 e. The van der Waals surface area contributed by atoms with Crippen LogP contribution in [0.3, 0.4) is 0 Å². The monoisotopic (exact) mass is 636 g/mol. The summed E-state index contributed by atoms with van der Waals surface area (Å²) in [5.74, 6) is 1.83. The second-order valence-corrected chi connectivity index (χ2v) is 11.7. The van der Waals surface area contributed by atoms with E-state index < -0.39 is 5.68 Å². The molecule has 250 valence electrons. The van der Waals surface area contributed by atoms with Gasteiger partial charge in [0.1, 0.15) is 18.0 Å². The first-order valence-electron chi connectivity index (χ1n) is 17.0. The molecule has 3 aromatic carbocycles. The summed E-state index contributed by atoms with van der Waals surface area (Å²) in [6.45, 7) is 21.3. The predicted octanol–water partition coefficient (Wildman–Crippen LogP) is 12.3. The Hall–Kier alpha value is -2.56. The van der Waals surface area contributed by atoms with Crippen molar-refractivity contribution in [3.8, 4) is 5.75 Å². The SMILES string of the molecule is CC(c1ccccc1)c1ccc(Cl)cc1.CCC.CCCC.CCCCC(C)C.[B]C(=O)c1ccccc1OCCOCCC. The maximum absolute atomic E-state index is 11.1. The molecule has 0 amide bonds. The van der Waals surface area contributed by atoms with Gasteiger partial charge in [-0.3, -0.25) is 0 Å².